The Morgan fingerprint density at radius 3 is 2.80 bits per heavy atom. The average molecular weight is 299 g/mol. The molecule has 0 radical (unpaired) electrons. The fourth-order valence-electron chi connectivity index (χ4n) is 2.53. The summed E-state index contributed by atoms with van der Waals surface area (Å²) in [6.07, 6.45) is 2.19. The number of rotatable bonds is 7. The van der Waals surface area contributed by atoms with Crippen molar-refractivity contribution in [2.24, 2.45) is 0 Å². The highest BCUT2D eigenvalue weighted by Gasteiger charge is 2.15. The number of hydrogen-bond acceptors (Lipinski definition) is 4. The number of β-amino-alcohol motifs (C(OH)–C–C–N with tert-alkyl or cyclic N) is 1. The van der Waals surface area contributed by atoms with Crippen LogP contribution in [-0.2, 0) is 6.54 Å². The molecule has 0 saturated carbocycles. The molecule has 112 valence electrons. The van der Waals surface area contributed by atoms with Crippen LogP contribution in [0.3, 0.4) is 0 Å². The molecule has 1 aromatic carbocycles. The zero-order valence-electron chi connectivity index (χ0n) is 11.9. The molecule has 4 nitrogen and oxygen atoms in total. The molecule has 20 heavy (non-hydrogen) atoms. The molecule has 1 aliphatic rings. The number of nitrogens with one attached hydrogen (secondary N) is 1. The maximum atomic E-state index is 9.97. The Hall–Kier alpha value is -0.810. The molecular weight excluding hydrogens is 276 g/mol. The molecule has 0 aromatic heterocycles. The van der Waals surface area contributed by atoms with Crippen molar-refractivity contribution < 1.29 is 9.84 Å². The van der Waals surface area contributed by atoms with Crippen molar-refractivity contribution in [3.63, 3.8) is 0 Å². The quantitative estimate of drug-likeness (QED) is 0.807. The minimum absolute atomic E-state index is 0.318. The van der Waals surface area contributed by atoms with E-state index in [2.05, 4.69) is 10.2 Å². The number of methoxy groups -OCH3 is 1. The van der Waals surface area contributed by atoms with E-state index in [0.29, 0.717) is 23.9 Å². The largest absolute Gasteiger partial charge is 0.495 e. The summed E-state index contributed by atoms with van der Waals surface area (Å²) in [5.74, 6) is 0.685. The minimum Gasteiger partial charge on any atom is -0.495 e. The van der Waals surface area contributed by atoms with Gasteiger partial charge in [-0.1, -0.05) is 17.7 Å². The second-order valence-electron chi connectivity index (χ2n) is 5.26. The van der Waals surface area contributed by atoms with Crippen LogP contribution in [-0.4, -0.2) is 49.4 Å². The fourth-order valence-corrected chi connectivity index (χ4v) is 2.81. The predicted molar refractivity (Wildman–Crippen MR) is 81.4 cm³/mol. The van der Waals surface area contributed by atoms with Crippen LogP contribution in [0.15, 0.2) is 18.2 Å². The third-order valence-electron chi connectivity index (χ3n) is 3.59. The summed E-state index contributed by atoms with van der Waals surface area (Å²) in [7, 11) is 1.61. The average Bonchev–Trinajstić information content (AvgIpc) is 2.92. The summed E-state index contributed by atoms with van der Waals surface area (Å²) >= 11 is 6.08. The van der Waals surface area contributed by atoms with Gasteiger partial charge in [0.2, 0.25) is 0 Å². The van der Waals surface area contributed by atoms with Gasteiger partial charge >= 0.3 is 0 Å². The molecule has 1 unspecified atom stereocenters. The van der Waals surface area contributed by atoms with Crippen LogP contribution < -0.4 is 10.1 Å². The highest BCUT2D eigenvalue weighted by atomic mass is 35.5. The number of benzene rings is 1. The number of halogens is 1. The number of hydrogen-bond donors (Lipinski definition) is 2. The van der Waals surface area contributed by atoms with E-state index in [1.807, 2.05) is 18.2 Å². The molecule has 2 N–H and O–H groups in total. The third-order valence-corrected chi connectivity index (χ3v) is 3.89. The third kappa shape index (κ3) is 4.63. The van der Waals surface area contributed by atoms with E-state index in [1.54, 1.807) is 7.11 Å². The second kappa shape index (κ2) is 7.84. The van der Waals surface area contributed by atoms with E-state index in [4.69, 9.17) is 16.3 Å². The van der Waals surface area contributed by atoms with Gasteiger partial charge in [0.25, 0.3) is 0 Å². The van der Waals surface area contributed by atoms with Gasteiger partial charge in [-0.2, -0.15) is 0 Å². The Morgan fingerprint density at radius 1 is 1.40 bits per heavy atom. The maximum Gasteiger partial charge on any atom is 0.137 e. The van der Waals surface area contributed by atoms with Gasteiger partial charge in [0.05, 0.1) is 18.2 Å². The first-order valence-corrected chi connectivity index (χ1v) is 7.50. The van der Waals surface area contributed by atoms with Crippen LogP contribution in [0.2, 0.25) is 5.02 Å². The first-order chi connectivity index (χ1) is 9.69. The molecule has 1 fully saturated rings. The topological polar surface area (TPSA) is 44.7 Å². The molecule has 1 saturated heterocycles. The normalized spacial score (nSPS) is 17.4. The van der Waals surface area contributed by atoms with Gasteiger partial charge < -0.3 is 20.1 Å². The predicted octanol–water partition coefficient (Wildman–Crippen LogP) is 1.89. The molecule has 0 spiro atoms. The van der Waals surface area contributed by atoms with Crippen molar-refractivity contribution >= 4 is 11.6 Å². The molecule has 1 atom stereocenters. The highest BCUT2D eigenvalue weighted by molar-refractivity contribution is 6.32. The van der Waals surface area contributed by atoms with Gasteiger partial charge in [-0.05, 0) is 43.6 Å². The van der Waals surface area contributed by atoms with Crippen LogP contribution in [0.1, 0.15) is 18.4 Å². The zero-order valence-corrected chi connectivity index (χ0v) is 12.7. The Kier molecular flexibility index (Phi) is 6.10. The number of aliphatic hydroxyl groups excluding tert-OH is 1. The van der Waals surface area contributed by atoms with E-state index in [1.165, 1.54) is 12.8 Å². The lowest BCUT2D eigenvalue weighted by Crippen LogP contribution is -2.36. The van der Waals surface area contributed by atoms with Crippen LogP contribution in [0.5, 0.6) is 5.75 Å². The Bertz CT molecular complexity index is 422. The van der Waals surface area contributed by atoms with Gasteiger partial charge in [0.1, 0.15) is 5.75 Å². The first kappa shape index (κ1) is 15.6. The lowest BCUT2D eigenvalue weighted by molar-refractivity contribution is 0.123. The van der Waals surface area contributed by atoms with E-state index in [9.17, 15) is 5.11 Å². The second-order valence-corrected chi connectivity index (χ2v) is 5.67. The Labute approximate surface area is 125 Å². The standard InChI is InChI=1S/C15H23ClN2O2/c1-20-15-5-4-12(8-14(15)16)9-17-10-13(19)11-18-6-2-3-7-18/h4-5,8,13,17,19H,2-3,6-7,9-11H2,1H3. The van der Waals surface area contributed by atoms with Crippen LogP contribution in [0, 0.1) is 0 Å². The minimum atomic E-state index is -0.318. The number of nitrogens with zero attached hydrogens (tertiary/aromatic N) is 1. The molecule has 0 bridgehead atoms. The summed E-state index contributed by atoms with van der Waals surface area (Å²) in [6, 6.07) is 5.73. The monoisotopic (exact) mass is 298 g/mol. The summed E-state index contributed by atoms with van der Waals surface area (Å²) in [5.41, 5.74) is 1.09. The van der Waals surface area contributed by atoms with Gasteiger partial charge in [0, 0.05) is 19.6 Å². The lowest BCUT2D eigenvalue weighted by Gasteiger charge is -2.19. The Morgan fingerprint density at radius 2 is 2.15 bits per heavy atom. The summed E-state index contributed by atoms with van der Waals surface area (Å²) < 4.78 is 5.12. The highest BCUT2D eigenvalue weighted by Crippen LogP contribution is 2.24. The molecule has 5 heteroatoms. The van der Waals surface area contributed by atoms with Crippen molar-refractivity contribution in [2.45, 2.75) is 25.5 Å². The van der Waals surface area contributed by atoms with Gasteiger partial charge in [-0.25, -0.2) is 0 Å². The first-order valence-electron chi connectivity index (χ1n) is 7.12. The molecule has 1 aromatic rings. The van der Waals surface area contributed by atoms with E-state index in [-0.39, 0.29) is 6.10 Å². The van der Waals surface area contributed by atoms with Crippen molar-refractivity contribution in [1.29, 1.82) is 0 Å². The van der Waals surface area contributed by atoms with Gasteiger partial charge in [-0.15, -0.1) is 0 Å². The van der Waals surface area contributed by atoms with E-state index in [0.717, 1.165) is 25.2 Å². The van der Waals surface area contributed by atoms with Crippen molar-refractivity contribution in [3.8, 4) is 5.75 Å². The number of aliphatic hydroxyl groups is 1. The van der Waals surface area contributed by atoms with Crippen molar-refractivity contribution in [1.82, 2.24) is 10.2 Å². The smallest absolute Gasteiger partial charge is 0.137 e. The van der Waals surface area contributed by atoms with Crippen LogP contribution in [0.25, 0.3) is 0 Å². The van der Waals surface area contributed by atoms with Crippen molar-refractivity contribution in [2.75, 3.05) is 33.3 Å². The van der Waals surface area contributed by atoms with Crippen LogP contribution in [0.4, 0.5) is 0 Å². The molecule has 0 aliphatic carbocycles. The van der Waals surface area contributed by atoms with Gasteiger partial charge in [0.15, 0.2) is 0 Å². The summed E-state index contributed by atoms with van der Waals surface area (Å²) in [4.78, 5) is 2.32. The maximum absolute atomic E-state index is 9.97. The fraction of sp³-hybridized carbons (Fsp3) is 0.600. The molecule has 1 heterocycles. The van der Waals surface area contributed by atoms with Crippen molar-refractivity contribution in [3.05, 3.63) is 28.8 Å². The van der Waals surface area contributed by atoms with E-state index < -0.39 is 0 Å². The number of likely N-dealkylation sites (tertiary alicyclic amines) is 1. The zero-order chi connectivity index (χ0) is 14.4. The molecular formula is C15H23ClN2O2. The van der Waals surface area contributed by atoms with E-state index >= 15 is 0 Å². The summed E-state index contributed by atoms with van der Waals surface area (Å²) in [6.45, 7) is 4.29. The SMILES string of the molecule is COc1ccc(CNCC(O)CN2CCCC2)cc1Cl. The van der Waals surface area contributed by atoms with Gasteiger partial charge in [-0.3, -0.25) is 0 Å². The molecule has 0 amide bonds. The molecule has 1 aliphatic heterocycles. The summed E-state index contributed by atoms with van der Waals surface area (Å²) in [5, 5.41) is 13.9. The Balaban J connectivity index is 1.70. The van der Waals surface area contributed by atoms with Crippen LogP contribution >= 0.6 is 11.6 Å². The number of ether oxygens (including phenoxy) is 1. The lowest BCUT2D eigenvalue weighted by atomic mass is 10.2. The molecule has 2 rings (SSSR count).